The van der Waals surface area contributed by atoms with Gasteiger partial charge in [-0.2, -0.15) is 4.68 Å². The van der Waals surface area contributed by atoms with Gasteiger partial charge in [-0.1, -0.05) is 28.9 Å². The van der Waals surface area contributed by atoms with Gasteiger partial charge >= 0.3 is 5.97 Å². The zero-order valence-electron chi connectivity index (χ0n) is 10.5. The zero-order valence-corrected chi connectivity index (χ0v) is 12.1. The van der Waals surface area contributed by atoms with E-state index in [1.54, 1.807) is 36.4 Å². The molecule has 0 amide bonds. The highest BCUT2D eigenvalue weighted by Gasteiger charge is 2.12. The number of hydrogen-bond acceptors (Lipinski definition) is 6. The van der Waals surface area contributed by atoms with Crippen LogP contribution in [-0.4, -0.2) is 21.0 Å². The van der Waals surface area contributed by atoms with Gasteiger partial charge in [0.1, 0.15) is 10.4 Å². The van der Waals surface area contributed by atoms with Crippen LogP contribution in [0.1, 0.15) is 9.67 Å². The van der Waals surface area contributed by atoms with E-state index >= 15 is 0 Å². The maximum absolute atomic E-state index is 12.1. The number of hydrogen-bond donors (Lipinski definition) is 0. The summed E-state index contributed by atoms with van der Waals surface area (Å²) in [5.74, 6) is -0.561. The Kier molecular flexibility index (Phi) is 3.68. The summed E-state index contributed by atoms with van der Waals surface area (Å²) >= 11 is 6.85. The van der Waals surface area contributed by atoms with Crippen LogP contribution in [0, 0.1) is 0 Å². The van der Waals surface area contributed by atoms with E-state index in [2.05, 4.69) is 10.3 Å². The summed E-state index contributed by atoms with van der Waals surface area (Å²) in [6, 6.07) is 9.99. The molecule has 3 aromatic rings. The van der Waals surface area contributed by atoms with E-state index in [1.165, 1.54) is 0 Å². The first kappa shape index (κ1) is 13.7. The Bertz CT molecular complexity index is 874. The molecule has 0 spiro atoms. The second kappa shape index (κ2) is 5.63. The lowest BCUT2D eigenvalue weighted by Crippen LogP contribution is -2.26. The number of thiophene rings is 1. The van der Waals surface area contributed by atoms with E-state index in [4.69, 9.17) is 16.3 Å². The van der Waals surface area contributed by atoms with Gasteiger partial charge in [0.2, 0.25) is 0 Å². The molecule has 0 aliphatic heterocycles. The van der Waals surface area contributed by atoms with E-state index in [0.29, 0.717) is 20.1 Å². The summed E-state index contributed by atoms with van der Waals surface area (Å²) < 4.78 is 6.52. The number of ether oxygens (including phenoxy) is 1. The third kappa shape index (κ3) is 2.79. The predicted molar refractivity (Wildman–Crippen MR) is 78.5 cm³/mol. The van der Waals surface area contributed by atoms with E-state index in [1.807, 2.05) is 0 Å². The number of halogens is 1. The second-order valence-electron chi connectivity index (χ2n) is 4.08. The van der Waals surface area contributed by atoms with Crippen LogP contribution in [0.25, 0.3) is 10.9 Å². The minimum Gasteiger partial charge on any atom is -0.438 e. The third-order valence-corrected chi connectivity index (χ3v) is 3.93. The van der Waals surface area contributed by atoms with Crippen molar-refractivity contribution in [3.63, 3.8) is 0 Å². The van der Waals surface area contributed by atoms with Crippen LogP contribution in [0.15, 0.2) is 41.2 Å². The molecule has 0 unspecified atom stereocenters. The molecule has 8 heteroatoms. The average molecular weight is 322 g/mol. The van der Waals surface area contributed by atoms with Gasteiger partial charge in [0.15, 0.2) is 6.73 Å². The first-order valence-corrected chi connectivity index (χ1v) is 7.09. The van der Waals surface area contributed by atoms with Crippen LogP contribution in [0.2, 0.25) is 4.34 Å². The number of rotatable bonds is 3. The van der Waals surface area contributed by atoms with Crippen molar-refractivity contribution in [1.29, 1.82) is 0 Å². The topological polar surface area (TPSA) is 74.1 Å². The highest BCUT2D eigenvalue weighted by atomic mass is 35.5. The van der Waals surface area contributed by atoms with Gasteiger partial charge in [-0.05, 0) is 24.3 Å². The van der Waals surface area contributed by atoms with Crippen LogP contribution >= 0.6 is 22.9 Å². The maximum Gasteiger partial charge on any atom is 0.350 e. The highest BCUT2D eigenvalue weighted by Crippen LogP contribution is 2.21. The number of nitrogens with zero attached hydrogens (tertiary/aromatic N) is 3. The molecule has 0 fully saturated rings. The van der Waals surface area contributed by atoms with Crippen molar-refractivity contribution >= 4 is 39.8 Å². The minimum absolute atomic E-state index is 0.301. The summed E-state index contributed by atoms with van der Waals surface area (Å²) in [5.41, 5.74) is 0.132. The molecule has 0 bridgehead atoms. The molecule has 2 heterocycles. The van der Waals surface area contributed by atoms with Crippen molar-refractivity contribution in [2.24, 2.45) is 0 Å². The van der Waals surface area contributed by atoms with Crippen LogP contribution in [0.3, 0.4) is 0 Å². The molecule has 3 rings (SSSR count). The number of esters is 1. The fourth-order valence-electron chi connectivity index (χ4n) is 1.72. The molecule has 6 nitrogen and oxygen atoms in total. The Hall–Kier alpha value is -2.25. The van der Waals surface area contributed by atoms with Crippen LogP contribution in [-0.2, 0) is 11.5 Å². The van der Waals surface area contributed by atoms with Gasteiger partial charge in [0.05, 0.1) is 9.72 Å². The summed E-state index contributed by atoms with van der Waals surface area (Å²) in [6.45, 7) is -0.301. The smallest absolute Gasteiger partial charge is 0.350 e. The van der Waals surface area contributed by atoms with Gasteiger partial charge in [-0.15, -0.1) is 16.4 Å². The predicted octanol–water partition coefficient (Wildman–Crippen LogP) is 2.32. The number of aromatic nitrogens is 3. The fraction of sp³-hybridized carbons (Fsp3) is 0.0769. The summed E-state index contributed by atoms with van der Waals surface area (Å²) in [7, 11) is 0. The lowest BCUT2D eigenvalue weighted by molar-refractivity contribution is 0.0342. The normalized spacial score (nSPS) is 10.7. The molecular formula is C13H8ClN3O3S. The van der Waals surface area contributed by atoms with Gasteiger partial charge in [0, 0.05) is 0 Å². The van der Waals surface area contributed by atoms with E-state index < -0.39 is 5.97 Å². The lowest BCUT2D eigenvalue weighted by Gasteiger charge is -2.05. The Balaban J connectivity index is 1.81. The Morgan fingerprint density at radius 2 is 2.10 bits per heavy atom. The summed E-state index contributed by atoms with van der Waals surface area (Å²) in [6.07, 6.45) is 0. The monoisotopic (exact) mass is 321 g/mol. The molecule has 0 aliphatic carbocycles. The molecule has 0 saturated heterocycles. The molecule has 1 aromatic carbocycles. The van der Waals surface area contributed by atoms with Gasteiger partial charge in [0.25, 0.3) is 5.56 Å². The Labute approximate surface area is 127 Å². The Morgan fingerprint density at radius 1 is 1.29 bits per heavy atom. The van der Waals surface area contributed by atoms with Crippen molar-refractivity contribution in [3.05, 3.63) is 56.0 Å². The van der Waals surface area contributed by atoms with Gasteiger partial charge in [-0.25, -0.2) is 4.79 Å². The first-order valence-electron chi connectivity index (χ1n) is 5.90. The van der Waals surface area contributed by atoms with Crippen molar-refractivity contribution in [2.75, 3.05) is 0 Å². The first-order chi connectivity index (χ1) is 10.1. The number of carbonyl (C=O) groups excluding carboxylic acids is 1. The van der Waals surface area contributed by atoms with Crippen molar-refractivity contribution < 1.29 is 9.53 Å². The third-order valence-electron chi connectivity index (χ3n) is 2.72. The van der Waals surface area contributed by atoms with Crippen LogP contribution in [0.5, 0.6) is 0 Å². The molecular weight excluding hydrogens is 314 g/mol. The van der Waals surface area contributed by atoms with Crippen molar-refractivity contribution in [3.8, 4) is 0 Å². The molecule has 106 valence electrons. The summed E-state index contributed by atoms with van der Waals surface area (Å²) in [5, 5.41) is 8.05. The maximum atomic E-state index is 12.1. The van der Waals surface area contributed by atoms with Gasteiger partial charge in [-0.3, -0.25) is 4.79 Å². The molecule has 2 aromatic heterocycles. The average Bonchev–Trinajstić information content (AvgIpc) is 2.93. The van der Waals surface area contributed by atoms with E-state index in [-0.39, 0.29) is 12.3 Å². The highest BCUT2D eigenvalue weighted by molar-refractivity contribution is 7.17. The minimum atomic E-state index is -0.561. The SMILES string of the molecule is O=C(OCn1nnc2ccccc2c1=O)c1ccc(Cl)s1. The molecule has 21 heavy (non-hydrogen) atoms. The fourth-order valence-corrected chi connectivity index (χ4v) is 2.66. The lowest BCUT2D eigenvalue weighted by atomic mass is 10.2. The van der Waals surface area contributed by atoms with Crippen molar-refractivity contribution in [1.82, 2.24) is 15.0 Å². The Morgan fingerprint density at radius 3 is 2.86 bits per heavy atom. The largest absolute Gasteiger partial charge is 0.438 e. The second-order valence-corrected chi connectivity index (χ2v) is 5.79. The van der Waals surface area contributed by atoms with Gasteiger partial charge < -0.3 is 4.74 Å². The summed E-state index contributed by atoms with van der Waals surface area (Å²) in [4.78, 5) is 24.3. The molecule has 0 atom stereocenters. The van der Waals surface area contributed by atoms with Crippen molar-refractivity contribution in [2.45, 2.75) is 6.73 Å². The number of benzene rings is 1. The van der Waals surface area contributed by atoms with Crippen LogP contribution < -0.4 is 5.56 Å². The van der Waals surface area contributed by atoms with E-state index in [0.717, 1.165) is 16.0 Å². The zero-order chi connectivity index (χ0) is 14.8. The standard InChI is InChI=1S/C13H8ClN3O3S/c14-11-6-5-10(21-11)13(19)20-7-17-12(18)8-3-1-2-4-9(8)15-16-17/h1-6H,7H2. The molecule has 0 saturated carbocycles. The van der Waals surface area contributed by atoms with E-state index in [9.17, 15) is 9.59 Å². The number of carbonyl (C=O) groups is 1. The quantitative estimate of drug-likeness (QED) is 0.692. The van der Waals surface area contributed by atoms with Crippen LogP contribution in [0.4, 0.5) is 0 Å². The molecule has 0 radical (unpaired) electrons. The molecule has 0 N–H and O–H groups in total. The molecule has 0 aliphatic rings. The number of fused-ring (bicyclic) bond motifs is 1.